The highest BCUT2D eigenvalue weighted by Gasteiger charge is 2.17. The summed E-state index contributed by atoms with van der Waals surface area (Å²) in [7, 11) is 0. The average Bonchev–Trinajstić information content (AvgIpc) is 2.74. The quantitative estimate of drug-likeness (QED) is 0.385. The Morgan fingerprint density at radius 1 is 0.862 bits per heavy atom. The van der Waals surface area contributed by atoms with Crippen LogP contribution in [0.5, 0.6) is 11.5 Å². The third-order valence-electron chi connectivity index (χ3n) is 4.75. The van der Waals surface area contributed by atoms with Crippen molar-refractivity contribution in [1.82, 2.24) is 0 Å². The van der Waals surface area contributed by atoms with Crippen molar-refractivity contribution in [3.63, 3.8) is 0 Å². The van der Waals surface area contributed by atoms with Crippen molar-refractivity contribution in [1.29, 1.82) is 5.26 Å². The van der Waals surface area contributed by atoms with Crippen molar-refractivity contribution >= 4 is 5.97 Å². The van der Waals surface area contributed by atoms with Crippen LogP contribution < -0.4 is 9.47 Å². The van der Waals surface area contributed by atoms with Gasteiger partial charge in [-0.1, -0.05) is 31.2 Å². The summed E-state index contributed by atoms with van der Waals surface area (Å²) in [5.41, 5.74) is 2.80. The second kappa shape index (κ2) is 8.62. The molecule has 3 aromatic carbocycles. The molecule has 0 saturated heterocycles. The van der Waals surface area contributed by atoms with Crippen molar-refractivity contribution in [3.05, 3.63) is 83.9 Å². The predicted molar refractivity (Wildman–Crippen MR) is 113 cm³/mol. The molecule has 0 radical (unpaired) electrons. The fourth-order valence-corrected chi connectivity index (χ4v) is 2.67. The minimum atomic E-state index is -0.419. The standard InChI is InChI=1S/C25H23NO3/c1-4-25(2,3)29-23-15-11-21(12-16-23)24(27)28-22-13-9-20(10-14-22)19-7-5-18(17-26)6-8-19/h5-16H,4H2,1-3H3. The molecule has 0 fully saturated rings. The van der Waals surface area contributed by atoms with Crippen molar-refractivity contribution in [2.45, 2.75) is 32.8 Å². The van der Waals surface area contributed by atoms with E-state index in [9.17, 15) is 4.79 Å². The Hall–Kier alpha value is -3.58. The average molecular weight is 385 g/mol. The molecule has 4 nitrogen and oxygen atoms in total. The van der Waals surface area contributed by atoms with Crippen LogP contribution in [0.25, 0.3) is 11.1 Å². The predicted octanol–water partition coefficient (Wildman–Crippen LogP) is 6.01. The summed E-state index contributed by atoms with van der Waals surface area (Å²) in [4.78, 5) is 12.4. The SMILES string of the molecule is CCC(C)(C)Oc1ccc(C(=O)Oc2ccc(-c3ccc(C#N)cc3)cc2)cc1. The van der Waals surface area contributed by atoms with Gasteiger partial charge in [0.15, 0.2) is 0 Å². The zero-order valence-electron chi connectivity index (χ0n) is 16.8. The van der Waals surface area contributed by atoms with Crippen LogP contribution in [-0.4, -0.2) is 11.6 Å². The summed E-state index contributed by atoms with van der Waals surface area (Å²) in [6, 6.07) is 23.7. The maximum absolute atomic E-state index is 12.4. The lowest BCUT2D eigenvalue weighted by Crippen LogP contribution is -2.26. The number of esters is 1. The third-order valence-corrected chi connectivity index (χ3v) is 4.75. The van der Waals surface area contributed by atoms with Gasteiger partial charge in [0.05, 0.1) is 17.2 Å². The molecule has 0 heterocycles. The van der Waals surface area contributed by atoms with E-state index in [1.165, 1.54) is 0 Å². The Morgan fingerprint density at radius 3 is 1.90 bits per heavy atom. The first-order chi connectivity index (χ1) is 13.9. The van der Waals surface area contributed by atoms with Crippen LogP contribution in [0.1, 0.15) is 43.1 Å². The number of hydrogen-bond acceptors (Lipinski definition) is 4. The van der Waals surface area contributed by atoms with E-state index in [1.807, 2.05) is 38.1 Å². The summed E-state index contributed by atoms with van der Waals surface area (Å²) in [6.45, 7) is 6.12. The van der Waals surface area contributed by atoms with E-state index in [2.05, 4.69) is 13.0 Å². The lowest BCUT2D eigenvalue weighted by atomic mass is 10.0. The van der Waals surface area contributed by atoms with Crippen LogP contribution in [0.3, 0.4) is 0 Å². The van der Waals surface area contributed by atoms with E-state index in [1.54, 1.807) is 48.5 Å². The van der Waals surface area contributed by atoms with Gasteiger partial charge < -0.3 is 9.47 Å². The Balaban J connectivity index is 1.65. The van der Waals surface area contributed by atoms with Crippen LogP contribution >= 0.6 is 0 Å². The molecule has 3 aromatic rings. The van der Waals surface area contributed by atoms with E-state index >= 15 is 0 Å². The van der Waals surface area contributed by atoms with Gasteiger partial charge in [-0.3, -0.25) is 0 Å². The van der Waals surface area contributed by atoms with Gasteiger partial charge in [-0.25, -0.2) is 4.79 Å². The maximum atomic E-state index is 12.4. The molecule has 0 amide bonds. The second-order valence-electron chi connectivity index (χ2n) is 7.34. The first-order valence-electron chi connectivity index (χ1n) is 9.52. The number of rotatable bonds is 6. The molecule has 146 valence electrons. The van der Waals surface area contributed by atoms with E-state index in [0.29, 0.717) is 16.9 Å². The van der Waals surface area contributed by atoms with Gasteiger partial charge >= 0.3 is 5.97 Å². The van der Waals surface area contributed by atoms with Crippen molar-refractivity contribution in [2.75, 3.05) is 0 Å². The number of ether oxygens (including phenoxy) is 2. The number of hydrogen-bond donors (Lipinski definition) is 0. The second-order valence-corrected chi connectivity index (χ2v) is 7.34. The molecule has 0 unspecified atom stereocenters. The van der Waals surface area contributed by atoms with Gasteiger partial charge in [-0.2, -0.15) is 5.26 Å². The van der Waals surface area contributed by atoms with Gasteiger partial charge in [0.1, 0.15) is 17.1 Å². The zero-order chi connectivity index (χ0) is 20.9. The molecule has 0 N–H and O–H groups in total. The molecular formula is C25H23NO3. The number of benzene rings is 3. The Morgan fingerprint density at radius 2 is 1.38 bits per heavy atom. The molecule has 0 saturated carbocycles. The van der Waals surface area contributed by atoms with E-state index < -0.39 is 5.97 Å². The first-order valence-corrected chi connectivity index (χ1v) is 9.52. The minimum absolute atomic E-state index is 0.251. The van der Waals surface area contributed by atoms with Crippen LogP contribution in [0.15, 0.2) is 72.8 Å². The number of carbonyl (C=O) groups excluding carboxylic acids is 1. The number of nitrogens with zero attached hydrogens (tertiary/aromatic N) is 1. The number of carbonyl (C=O) groups is 1. The molecule has 4 heteroatoms. The third kappa shape index (κ3) is 5.24. The van der Waals surface area contributed by atoms with Gasteiger partial charge in [-0.15, -0.1) is 0 Å². The summed E-state index contributed by atoms with van der Waals surface area (Å²) in [5.74, 6) is 0.775. The smallest absolute Gasteiger partial charge is 0.343 e. The summed E-state index contributed by atoms with van der Waals surface area (Å²) < 4.78 is 11.4. The van der Waals surface area contributed by atoms with Gasteiger partial charge in [0.25, 0.3) is 0 Å². The molecule has 0 aliphatic carbocycles. The van der Waals surface area contributed by atoms with Gasteiger partial charge in [0.2, 0.25) is 0 Å². The minimum Gasteiger partial charge on any atom is -0.488 e. The molecular weight excluding hydrogens is 362 g/mol. The van der Waals surface area contributed by atoms with E-state index in [0.717, 1.165) is 23.3 Å². The normalized spacial score (nSPS) is 10.8. The molecule has 0 spiro atoms. The van der Waals surface area contributed by atoms with Crippen molar-refractivity contribution in [3.8, 4) is 28.7 Å². The zero-order valence-corrected chi connectivity index (χ0v) is 16.8. The van der Waals surface area contributed by atoms with Gasteiger partial charge in [0, 0.05) is 0 Å². The van der Waals surface area contributed by atoms with Crippen LogP contribution in [0.2, 0.25) is 0 Å². The Labute approximate surface area is 171 Å². The molecule has 0 bridgehead atoms. The molecule has 0 atom stereocenters. The highest BCUT2D eigenvalue weighted by molar-refractivity contribution is 5.91. The Kier molecular flexibility index (Phi) is 5.99. The van der Waals surface area contributed by atoms with Crippen molar-refractivity contribution < 1.29 is 14.3 Å². The van der Waals surface area contributed by atoms with E-state index in [4.69, 9.17) is 14.7 Å². The molecule has 0 aromatic heterocycles. The molecule has 0 aliphatic rings. The maximum Gasteiger partial charge on any atom is 0.343 e. The molecule has 0 aliphatic heterocycles. The Bertz CT molecular complexity index is 1010. The number of nitriles is 1. The monoisotopic (exact) mass is 385 g/mol. The summed E-state index contributed by atoms with van der Waals surface area (Å²) in [5, 5.41) is 8.88. The van der Waals surface area contributed by atoms with Crippen LogP contribution in [-0.2, 0) is 0 Å². The van der Waals surface area contributed by atoms with Gasteiger partial charge in [-0.05, 0) is 79.9 Å². The van der Waals surface area contributed by atoms with Crippen LogP contribution in [0.4, 0.5) is 0 Å². The lowest BCUT2D eigenvalue weighted by Gasteiger charge is -2.24. The van der Waals surface area contributed by atoms with Crippen LogP contribution in [0, 0.1) is 11.3 Å². The lowest BCUT2D eigenvalue weighted by molar-refractivity contribution is 0.0734. The fourth-order valence-electron chi connectivity index (χ4n) is 2.67. The molecule has 3 rings (SSSR count). The summed E-state index contributed by atoms with van der Waals surface area (Å²) >= 11 is 0. The largest absolute Gasteiger partial charge is 0.488 e. The molecule has 29 heavy (non-hydrogen) atoms. The van der Waals surface area contributed by atoms with E-state index in [-0.39, 0.29) is 5.60 Å². The highest BCUT2D eigenvalue weighted by Crippen LogP contribution is 2.24. The first kappa shape index (κ1) is 20.2. The topological polar surface area (TPSA) is 59.3 Å². The highest BCUT2D eigenvalue weighted by atomic mass is 16.5. The fraction of sp³-hybridized carbons (Fsp3) is 0.200. The summed E-state index contributed by atoms with van der Waals surface area (Å²) in [6.07, 6.45) is 0.884. The van der Waals surface area contributed by atoms with Crippen molar-refractivity contribution in [2.24, 2.45) is 0 Å².